The molecule has 116 valence electrons. The van der Waals surface area contributed by atoms with Gasteiger partial charge in [-0.2, -0.15) is 13.2 Å². The van der Waals surface area contributed by atoms with Gasteiger partial charge in [0.1, 0.15) is 0 Å². The second kappa shape index (κ2) is 6.05. The van der Waals surface area contributed by atoms with E-state index >= 15 is 0 Å². The lowest BCUT2D eigenvalue weighted by atomic mass is 9.96. The summed E-state index contributed by atoms with van der Waals surface area (Å²) in [6.07, 6.45) is -3.23. The van der Waals surface area contributed by atoms with Crippen LogP contribution in [0.15, 0.2) is 24.3 Å². The number of nitrogens with zero attached hydrogens (tertiary/aromatic N) is 1. The lowest BCUT2D eigenvalue weighted by molar-refractivity contribution is -0.137. The van der Waals surface area contributed by atoms with Crippen LogP contribution in [0.4, 0.5) is 13.2 Å². The predicted octanol–water partition coefficient (Wildman–Crippen LogP) is 2.76. The summed E-state index contributed by atoms with van der Waals surface area (Å²) in [7, 11) is 0. The first-order valence-electron chi connectivity index (χ1n) is 6.98. The molecule has 1 saturated heterocycles. The summed E-state index contributed by atoms with van der Waals surface area (Å²) in [5.41, 5.74) is 5.83. The molecule has 0 spiro atoms. The van der Waals surface area contributed by atoms with Crippen LogP contribution in [0.3, 0.4) is 0 Å². The number of benzene rings is 1. The molecule has 2 N–H and O–H groups in total. The third-order valence-electron chi connectivity index (χ3n) is 3.87. The number of hydrogen-bond acceptors (Lipinski definition) is 2. The molecule has 3 nitrogen and oxygen atoms in total. The van der Waals surface area contributed by atoms with Crippen molar-refractivity contribution < 1.29 is 18.0 Å². The SMILES string of the molecule is CC(CC(=O)N1CC[C@@H](N)C1)c1ccc(C(F)(F)F)cc1. The molecule has 2 rings (SSSR count). The lowest BCUT2D eigenvalue weighted by Gasteiger charge is -2.19. The van der Waals surface area contributed by atoms with Crippen molar-refractivity contribution in [1.82, 2.24) is 4.90 Å². The highest BCUT2D eigenvalue weighted by Gasteiger charge is 2.30. The zero-order valence-electron chi connectivity index (χ0n) is 11.9. The highest BCUT2D eigenvalue weighted by Crippen LogP contribution is 2.30. The predicted molar refractivity (Wildman–Crippen MR) is 73.6 cm³/mol. The van der Waals surface area contributed by atoms with Gasteiger partial charge in [0.25, 0.3) is 0 Å². The van der Waals surface area contributed by atoms with E-state index in [-0.39, 0.29) is 24.3 Å². The van der Waals surface area contributed by atoms with Crippen LogP contribution in [0.5, 0.6) is 0 Å². The molecule has 1 unspecified atom stereocenters. The fourth-order valence-corrected chi connectivity index (χ4v) is 2.52. The summed E-state index contributed by atoms with van der Waals surface area (Å²) in [6, 6.07) is 5.03. The van der Waals surface area contributed by atoms with Gasteiger partial charge in [-0.05, 0) is 30.0 Å². The minimum atomic E-state index is -4.33. The fraction of sp³-hybridized carbons (Fsp3) is 0.533. The fourth-order valence-electron chi connectivity index (χ4n) is 2.52. The van der Waals surface area contributed by atoms with Crippen molar-refractivity contribution in [2.75, 3.05) is 13.1 Å². The van der Waals surface area contributed by atoms with E-state index in [9.17, 15) is 18.0 Å². The van der Waals surface area contributed by atoms with Crippen LogP contribution in [-0.4, -0.2) is 29.9 Å². The third kappa shape index (κ3) is 3.97. The normalized spacial score (nSPS) is 20.6. The van der Waals surface area contributed by atoms with Crippen LogP contribution < -0.4 is 5.73 Å². The zero-order valence-corrected chi connectivity index (χ0v) is 11.9. The molecule has 21 heavy (non-hydrogen) atoms. The zero-order chi connectivity index (χ0) is 15.6. The van der Waals surface area contributed by atoms with E-state index in [1.165, 1.54) is 12.1 Å². The molecule has 1 fully saturated rings. The molecule has 1 aliphatic rings. The number of likely N-dealkylation sites (tertiary alicyclic amines) is 1. The standard InChI is InChI=1S/C15H19F3N2O/c1-10(8-14(21)20-7-6-13(19)9-20)11-2-4-12(5-3-11)15(16,17)18/h2-5,10,13H,6-9,19H2,1H3/t10?,13-/m1/s1. The highest BCUT2D eigenvalue weighted by atomic mass is 19.4. The molecule has 2 atom stereocenters. The first-order chi connectivity index (χ1) is 9.77. The van der Waals surface area contributed by atoms with E-state index in [1.54, 1.807) is 4.90 Å². The van der Waals surface area contributed by atoms with Gasteiger partial charge in [0.15, 0.2) is 0 Å². The van der Waals surface area contributed by atoms with Gasteiger partial charge in [-0.25, -0.2) is 0 Å². The molecule has 1 aromatic rings. The van der Waals surface area contributed by atoms with Crippen LogP contribution in [-0.2, 0) is 11.0 Å². The molecule has 0 bridgehead atoms. The highest BCUT2D eigenvalue weighted by molar-refractivity contribution is 5.77. The number of rotatable bonds is 3. The molecule has 0 aromatic heterocycles. The first-order valence-corrected chi connectivity index (χ1v) is 6.98. The maximum atomic E-state index is 12.5. The van der Waals surface area contributed by atoms with Crippen molar-refractivity contribution in [3.63, 3.8) is 0 Å². The Hall–Kier alpha value is -1.56. The Bertz CT molecular complexity index is 499. The van der Waals surface area contributed by atoms with Crippen LogP contribution >= 0.6 is 0 Å². The van der Waals surface area contributed by atoms with Crippen molar-refractivity contribution in [3.8, 4) is 0 Å². The second-order valence-corrected chi connectivity index (χ2v) is 5.61. The molecular weight excluding hydrogens is 281 g/mol. The van der Waals surface area contributed by atoms with E-state index in [0.717, 1.165) is 24.1 Å². The molecule has 0 aliphatic carbocycles. The number of carbonyl (C=O) groups is 1. The van der Waals surface area contributed by atoms with Crippen molar-refractivity contribution in [2.45, 2.75) is 37.9 Å². The first kappa shape index (κ1) is 15.8. The Morgan fingerprint density at radius 3 is 2.48 bits per heavy atom. The average Bonchev–Trinajstić information content (AvgIpc) is 2.84. The van der Waals surface area contributed by atoms with Gasteiger partial charge in [0.05, 0.1) is 5.56 Å². The summed E-state index contributed by atoms with van der Waals surface area (Å²) < 4.78 is 37.5. The topological polar surface area (TPSA) is 46.3 Å². The molecule has 1 aromatic carbocycles. The van der Waals surface area contributed by atoms with Crippen LogP contribution in [0.25, 0.3) is 0 Å². The van der Waals surface area contributed by atoms with Gasteiger partial charge in [0, 0.05) is 25.6 Å². The number of amides is 1. The molecule has 1 heterocycles. The number of nitrogens with two attached hydrogens (primary N) is 1. The maximum absolute atomic E-state index is 12.5. The van der Waals surface area contributed by atoms with Crippen molar-refractivity contribution in [1.29, 1.82) is 0 Å². The Morgan fingerprint density at radius 2 is 2.00 bits per heavy atom. The van der Waals surface area contributed by atoms with Crippen LogP contribution in [0, 0.1) is 0 Å². The largest absolute Gasteiger partial charge is 0.416 e. The minimum absolute atomic E-state index is 0.00958. The maximum Gasteiger partial charge on any atom is 0.416 e. The molecule has 0 radical (unpaired) electrons. The van der Waals surface area contributed by atoms with E-state index in [0.29, 0.717) is 13.1 Å². The lowest BCUT2D eigenvalue weighted by Crippen LogP contribution is -2.32. The van der Waals surface area contributed by atoms with E-state index in [4.69, 9.17) is 5.73 Å². The number of halogens is 3. The number of alkyl halides is 3. The molecule has 1 amide bonds. The molecule has 6 heteroatoms. The Morgan fingerprint density at radius 1 is 1.38 bits per heavy atom. The quantitative estimate of drug-likeness (QED) is 0.933. The average molecular weight is 300 g/mol. The van der Waals surface area contributed by atoms with Crippen molar-refractivity contribution >= 4 is 5.91 Å². The molecular formula is C15H19F3N2O. The van der Waals surface area contributed by atoms with Gasteiger partial charge in [-0.15, -0.1) is 0 Å². The second-order valence-electron chi connectivity index (χ2n) is 5.61. The van der Waals surface area contributed by atoms with Crippen LogP contribution in [0.2, 0.25) is 0 Å². The van der Waals surface area contributed by atoms with E-state index < -0.39 is 11.7 Å². The Balaban J connectivity index is 1.97. The molecule has 0 saturated carbocycles. The van der Waals surface area contributed by atoms with E-state index in [2.05, 4.69) is 0 Å². The number of hydrogen-bond donors (Lipinski definition) is 1. The summed E-state index contributed by atoms with van der Waals surface area (Å²) in [4.78, 5) is 13.8. The van der Waals surface area contributed by atoms with Crippen molar-refractivity contribution in [3.05, 3.63) is 35.4 Å². The van der Waals surface area contributed by atoms with Gasteiger partial charge in [-0.1, -0.05) is 19.1 Å². The Kier molecular flexibility index (Phi) is 4.56. The summed E-state index contributed by atoms with van der Waals surface area (Å²) in [5, 5.41) is 0. The molecule has 1 aliphatic heterocycles. The minimum Gasteiger partial charge on any atom is -0.341 e. The number of carbonyl (C=O) groups excluding carboxylic acids is 1. The smallest absolute Gasteiger partial charge is 0.341 e. The summed E-state index contributed by atoms with van der Waals surface area (Å²) in [5.74, 6) is -0.105. The Labute approximate surface area is 121 Å². The van der Waals surface area contributed by atoms with E-state index in [1.807, 2.05) is 6.92 Å². The van der Waals surface area contributed by atoms with Crippen molar-refractivity contribution in [2.24, 2.45) is 5.73 Å². The van der Waals surface area contributed by atoms with Gasteiger partial charge in [-0.3, -0.25) is 4.79 Å². The van der Waals surface area contributed by atoms with Gasteiger partial charge >= 0.3 is 6.18 Å². The third-order valence-corrected chi connectivity index (χ3v) is 3.87. The van der Waals surface area contributed by atoms with Gasteiger partial charge in [0.2, 0.25) is 5.91 Å². The van der Waals surface area contributed by atoms with Gasteiger partial charge < -0.3 is 10.6 Å². The monoisotopic (exact) mass is 300 g/mol. The summed E-state index contributed by atoms with van der Waals surface area (Å²) in [6.45, 7) is 3.08. The summed E-state index contributed by atoms with van der Waals surface area (Å²) >= 11 is 0. The van der Waals surface area contributed by atoms with Crippen LogP contribution in [0.1, 0.15) is 36.8 Å².